The number of allylic oxidation sites excluding steroid dienone is 1. The van der Waals surface area contributed by atoms with Crippen LogP contribution in [0.4, 0.5) is 0 Å². The molecule has 7 nitrogen and oxygen atoms in total. The van der Waals surface area contributed by atoms with E-state index in [2.05, 4.69) is 10.5 Å². The molecule has 116 valence electrons. The third-order valence-corrected chi connectivity index (χ3v) is 4.12. The number of hydrogen-bond acceptors (Lipinski definition) is 5. The first kappa shape index (κ1) is 15.9. The van der Waals surface area contributed by atoms with Crippen LogP contribution >= 0.6 is 0 Å². The molecule has 0 saturated heterocycles. The van der Waals surface area contributed by atoms with Gasteiger partial charge in [-0.15, -0.1) is 0 Å². The minimum Gasteiger partial charge on any atom is -0.478 e. The van der Waals surface area contributed by atoms with Gasteiger partial charge in [-0.1, -0.05) is 36.4 Å². The third-order valence-electron chi connectivity index (χ3n) is 3.03. The van der Waals surface area contributed by atoms with Gasteiger partial charge in [0.1, 0.15) is 5.25 Å². The number of benzene rings is 1. The van der Waals surface area contributed by atoms with Crippen LogP contribution in [0.3, 0.4) is 0 Å². The number of carbonyl (C=O) groups is 1. The van der Waals surface area contributed by atoms with Crippen molar-refractivity contribution in [3.8, 4) is 0 Å². The predicted molar refractivity (Wildman–Crippen MR) is 80.9 cm³/mol. The van der Waals surface area contributed by atoms with E-state index in [4.69, 9.17) is 9.66 Å². The summed E-state index contributed by atoms with van der Waals surface area (Å²) >= 11 is 0. The Morgan fingerprint density at radius 3 is 2.59 bits per heavy atom. The van der Waals surface area contributed by atoms with Gasteiger partial charge >= 0.3 is 5.97 Å². The van der Waals surface area contributed by atoms with Crippen LogP contribution in [0.25, 0.3) is 0 Å². The van der Waals surface area contributed by atoms with Crippen molar-refractivity contribution in [3.63, 3.8) is 0 Å². The molecule has 0 saturated carbocycles. The highest BCUT2D eigenvalue weighted by Gasteiger charge is 2.28. The van der Waals surface area contributed by atoms with E-state index in [1.54, 1.807) is 12.1 Å². The monoisotopic (exact) mass is 322 g/mol. The first-order valence-corrected chi connectivity index (χ1v) is 7.83. The number of carboxylic acids is 1. The Hall–Kier alpha value is -2.45. The molecule has 1 aliphatic rings. The van der Waals surface area contributed by atoms with Gasteiger partial charge in [-0.25, -0.2) is 4.79 Å². The lowest BCUT2D eigenvalue weighted by molar-refractivity contribution is -0.132. The quantitative estimate of drug-likeness (QED) is 0.426. The van der Waals surface area contributed by atoms with E-state index < -0.39 is 21.3 Å². The average Bonchev–Trinajstić information content (AvgIpc) is 2.47. The summed E-state index contributed by atoms with van der Waals surface area (Å²) in [6.07, 6.45) is 3.58. The highest BCUT2D eigenvalue weighted by molar-refractivity contribution is 7.86. The zero-order valence-corrected chi connectivity index (χ0v) is 12.2. The molecule has 0 heterocycles. The number of carboxylic acid groups (broad SMARTS) is 1. The molecule has 1 atom stereocenters. The van der Waals surface area contributed by atoms with Gasteiger partial charge in [-0.3, -0.25) is 9.98 Å². The van der Waals surface area contributed by atoms with E-state index in [-0.39, 0.29) is 17.7 Å². The predicted octanol–water partition coefficient (Wildman–Crippen LogP) is 1.17. The standard InChI is InChI=1S/C14H14N2O5S/c17-14(18)12-7-6-11(22(19,20)21)8-13(12)16-15-9-10-4-2-1-3-5-10/h1-7,9,11,16H,8H2,(H,17,18)(H,19,20,21). The average molecular weight is 322 g/mol. The maximum absolute atomic E-state index is 11.2. The topological polar surface area (TPSA) is 116 Å². The fourth-order valence-corrected chi connectivity index (χ4v) is 2.57. The number of hydrazone groups is 1. The van der Waals surface area contributed by atoms with Crippen LogP contribution in [-0.4, -0.2) is 35.5 Å². The molecule has 0 bridgehead atoms. The van der Waals surface area contributed by atoms with E-state index in [0.29, 0.717) is 0 Å². The molecule has 22 heavy (non-hydrogen) atoms. The van der Waals surface area contributed by atoms with Crippen molar-refractivity contribution in [2.45, 2.75) is 11.7 Å². The molecule has 0 amide bonds. The molecule has 2 rings (SSSR count). The van der Waals surface area contributed by atoms with Crippen LogP contribution in [-0.2, 0) is 14.9 Å². The van der Waals surface area contributed by atoms with Crippen LogP contribution < -0.4 is 5.43 Å². The molecule has 1 aliphatic carbocycles. The second-order valence-electron chi connectivity index (χ2n) is 4.59. The van der Waals surface area contributed by atoms with Gasteiger partial charge in [0.2, 0.25) is 0 Å². The van der Waals surface area contributed by atoms with Gasteiger partial charge in [-0.05, 0) is 11.6 Å². The molecule has 0 spiro atoms. The number of hydrogen-bond donors (Lipinski definition) is 3. The normalized spacial score (nSPS) is 18.7. The Bertz CT molecular complexity index is 751. The van der Waals surface area contributed by atoms with Crippen molar-refractivity contribution < 1.29 is 22.9 Å². The minimum atomic E-state index is -4.29. The smallest absolute Gasteiger partial charge is 0.337 e. The van der Waals surface area contributed by atoms with Crippen molar-refractivity contribution in [1.82, 2.24) is 5.43 Å². The van der Waals surface area contributed by atoms with Crippen LogP contribution in [0.15, 0.2) is 58.9 Å². The van der Waals surface area contributed by atoms with Crippen molar-refractivity contribution in [3.05, 3.63) is 59.3 Å². The zero-order chi connectivity index (χ0) is 16.2. The summed E-state index contributed by atoms with van der Waals surface area (Å²) in [6.45, 7) is 0. The molecule has 0 aliphatic heterocycles. The van der Waals surface area contributed by atoms with Crippen molar-refractivity contribution >= 4 is 22.3 Å². The number of nitrogens with one attached hydrogen (secondary N) is 1. The fraction of sp³-hybridized carbons (Fsp3) is 0.143. The Morgan fingerprint density at radius 2 is 2.00 bits per heavy atom. The number of rotatable bonds is 5. The molecular weight excluding hydrogens is 308 g/mol. The van der Waals surface area contributed by atoms with E-state index in [1.807, 2.05) is 18.2 Å². The van der Waals surface area contributed by atoms with E-state index in [9.17, 15) is 13.2 Å². The second-order valence-corrected chi connectivity index (χ2v) is 6.23. The van der Waals surface area contributed by atoms with Crippen LogP contribution in [0, 0.1) is 0 Å². The van der Waals surface area contributed by atoms with Crippen LogP contribution in [0.1, 0.15) is 12.0 Å². The van der Waals surface area contributed by atoms with Gasteiger partial charge in [0, 0.05) is 12.1 Å². The molecule has 1 unspecified atom stereocenters. The van der Waals surface area contributed by atoms with Crippen molar-refractivity contribution in [1.29, 1.82) is 0 Å². The number of aliphatic carboxylic acids is 1. The summed E-state index contributed by atoms with van der Waals surface area (Å²) in [4.78, 5) is 11.1. The summed E-state index contributed by atoms with van der Waals surface area (Å²) < 4.78 is 31.4. The van der Waals surface area contributed by atoms with Crippen LogP contribution in [0.5, 0.6) is 0 Å². The summed E-state index contributed by atoms with van der Waals surface area (Å²) in [5.74, 6) is -1.21. The summed E-state index contributed by atoms with van der Waals surface area (Å²) in [5, 5.41) is 11.8. The van der Waals surface area contributed by atoms with Crippen molar-refractivity contribution in [2.24, 2.45) is 5.10 Å². The second kappa shape index (κ2) is 6.54. The molecule has 0 aromatic heterocycles. The SMILES string of the molecule is O=C(O)C1=C(NN=Cc2ccccc2)CC(S(=O)(=O)O)C=C1. The molecule has 0 radical (unpaired) electrons. The van der Waals surface area contributed by atoms with E-state index in [0.717, 1.165) is 17.7 Å². The van der Waals surface area contributed by atoms with Gasteiger partial charge in [0.15, 0.2) is 0 Å². The van der Waals surface area contributed by atoms with E-state index >= 15 is 0 Å². The largest absolute Gasteiger partial charge is 0.478 e. The lowest BCUT2D eigenvalue weighted by Crippen LogP contribution is -2.27. The molecule has 0 fully saturated rings. The first-order chi connectivity index (χ1) is 10.4. The zero-order valence-electron chi connectivity index (χ0n) is 11.4. The minimum absolute atomic E-state index is 0.0925. The first-order valence-electron chi connectivity index (χ1n) is 6.33. The molecule has 8 heteroatoms. The highest BCUT2D eigenvalue weighted by atomic mass is 32.2. The number of nitrogens with zero attached hydrogens (tertiary/aromatic N) is 1. The Labute approximate surface area is 127 Å². The molecule has 3 N–H and O–H groups in total. The molecule has 1 aromatic carbocycles. The van der Waals surface area contributed by atoms with Gasteiger partial charge < -0.3 is 5.11 Å². The Balaban J connectivity index is 2.19. The van der Waals surface area contributed by atoms with Crippen LogP contribution in [0.2, 0.25) is 0 Å². The van der Waals surface area contributed by atoms with E-state index in [1.165, 1.54) is 6.21 Å². The third kappa shape index (κ3) is 4.03. The highest BCUT2D eigenvalue weighted by Crippen LogP contribution is 2.22. The van der Waals surface area contributed by atoms with Gasteiger partial charge in [0.25, 0.3) is 10.1 Å². The maximum atomic E-state index is 11.2. The van der Waals surface area contributed by atoms with Gasteiger partial charge in [-0.2, -0.15) is 13.5 Å². The molecular formula is C14H14N2O5S. The van der Waals surface area contributed by atoms with Crippen molar-refractivity contribution in [2.75, 3.05) is 0 Å². The fourth-order valence-electron chi connectivity index (χ4n) is 1.92. The summed E-state index contributed by atoms with van der Waals surface area (Å²) in [7, 11) is -4.29. The Morgan fingerprint density at radius 1 is 1.32 bits per heavy atom. The summed E-state index contributed by atoms with van der Waals surface area (Å²) in [5.41, 5.74) is 3.36. The Kier molecular flexibility index (Phi) is 4.74. The maximum Gasteiger partial charge on any atom is 0.337 e. The lowest BCUT2D eigenvalue weighted by Gasteiger charge is -2.18. The summed E-state index contributed by atoms with van der Waals surface area (Å²) in [6, 6.07) is 9.10. The van der Waals surface area contributed by atoms with Gasteiger partial charge in [0.05, 0.1) is 11.8 Å². The lowest BCUT2D eigenvalue weighted by atomic mass is 10.0. The molecule has 1 aromatic rings.